The number of hydrogen-bond donors (Lipinski definition) is 2. The molecule has 0 fully saturated rings. The van der Waals surface area contributed by atoms with Crippen molar-refractivity contribution in [2.75, 3.05) is 0 Å². The van der Waals surface area contributed by atoms with Crippen molar-refractivity contribution in [2.24, 2.45) is 0 Å². The van der Waals surface area contributed by atoms with Crippen LogP contribution in [0.5, 0.6) is 0 Å². The zero-order chi connectivity index (χ0) is 13.3. The molecule has 2 aromatic rings. The van der Waals surface area contributed by atoms with E-state index in [-0.39, 0.29) is 5.56 Å². The maximum atomic E-state index is 11.9. The molecule has 0 unspecified atom stereocenters. The molecular weight excluding hydrogens is 230 g/mol. The summed E-state index contributed by atoms with van der Waals surface area (Å²) in [4.78, 5) is 25.2. The summed E-state index contributed by atoms with van der Waals surface area (Å²) >= 11 is 0. The standard InChI is InChI=1S/C14H13NO3/c1-8-4-3-5-10-9(2)11(6-7-12(16)17)14(18)15-13(8)10/h3-7H,1-2H3,(H,15,18)(H,16,17)/b7-6+. The van der Waals surface area contributed by atoms with Gasteiger partial charge < -0.3 is 10.1 Å². The number of hydrogen-bond acceptors (Lipinski definition) is 2. The molecule has 0 spiro atoms. The van der Waals surface area contributed by atoms with Crippen LogP contribution in [-0.4, -0.2) is 16.1 Å². The quantitative estimate of drug-likeness (QED) is 0.795. The van der Waals surface area contributed by atoms with Crippen molar-refractivity contribution in [3.8, 4) is 0 Å². The van der Waals surface area contributed by atoms with E-state index in [9.17, 15) is 9.59 Å². The molecule has 18 heavy (non-hydrogen) atoms. The number of carbonyl (C=O) groups is 1. The van der Waals surface area contributed by atoms with Crippen molar-refractivity contribution in [1.29, 1.82) is 0 Å². The fraction of sp³-hybridized carbons (Fsp3) is 0.143. The van der Waals surface area contributed by atoms with Gasteiger partial charge in [0, 0.05) is 17.0 Å². The Bertz CT molecular complexity index is 711. The van der Waals surface area contributed by atoms with Crippen molar-refractivity contribution in [3.05, 3.63) is 51.3 Å². The molecule has 0 saturated heterocycles. The number of nitrogens with one attached hydrogen (secondary N) is 1. The minimum atomic E-state index is -1.07. The second-order valence-corrected chi connectivity index (χ2v) is 4.16. The Morgan fingerprint density at radius 1 is 1.33 bits per heavy atom. The summed E-state index contributed by atoms with van der Waals surface area (Å²) in [6.07, 6.45) is 2.30. The van der Waals surface area contributed by atoms with Gasteiger partial charge in [0.2, 0.25) is 0 Å². The molecule has 0 amide bonds. The van der Waals surface area contributed by atoms with Crippen molar-refractivity contribution in [3.63, 3.8) is 0 Å². The summed E-state index contributed by atoms with van der Waals surface area (Å²) in [5.41, 5.74) is 2.69. The predicted molar refractivity (Wildman–Crippen MR) is 70.7 cm³/mol. The van der Waals surface area contributed by atoms with Crippen LogP contribution in [0, 0.1) is 13.8 Å². The van der Waals surface area contributed by atoms with Crippen molar-refractivity contribution >= 4 is 22.9 Å². The molecule has 0 aliphatic rings. The van der Waals surface area contributed by atoms with Crippen LogP contribution in [0.3, 0.4) is 0 Å². The summed E-state index contributed by atoms with van der Waals surface area (Å²) in [6.45, 7) is 3.74. The lowest BCUT2D eigenvalue weighted by Crippen LogP contribution is -2.12. The van der Waals surface area contributed by atoms with E-state index in [1.807, 2.05) is 32.0 Å². The van der Waals surface area contributed by atoms with Gasteiger partial charge in [-0.05, 0) is 31.1 Å². The SMILES string of the molecule is Cc1c(/C=C/C(=O)O)c(=O)[nH]c2c(C)cccc12. The van der Waals surface area contributed by atoms with Crippen LogP contribution >= 0.6 is 0 Å². The fourth-order valence-electron chi connectivity index (χ4n) is 2.00. The Morgan fingerprint density at radius 2 is 2.06 bits per heavy atom. The van der Waals surface area contributed by atoms with Gasteiger partial charge in [-0.1, -0.05) is 18.2 Å². The van der Waals surface area contributed by atoms with E-state index in [2.05, 4.69) is 4.98 Å². The normalized spacial score (nSPS) is 11.2. The van der Waals surface area contributed by atoms with Gasteiger partial charge in [-0.25, -0.2) is 4.79 Å². The smallest absolute Gasteiger partial charge is 0.328 e. The number of H-pyrrole nitrogens is 1. The van der Waals surface area contributed by atoms with Crippen LogP contribution in [-0.2, 0) is 4.79 Å². The highest BCUT2D eigenvalue weighted by atomic mass is 16.4. The molecule has 0 atom stereocenters. The van der Waals surface area contributed by atoms with Crippen molar-refractivity contribution in [1.82, 2.24) is 4.98 Å². The Morgan fingerprint density at radius 3 is 2.72 bits per heavy atom. The summed E-state index contributed by atoms with van der Waals surface area (Å²) in [7, 11) is 0. The van der Waals surface area contributed by atoms with Gasteiger partial charge in [0.1, 0.15) is 0 Å². The molecule has 0 saturated carbocycles. The van der Waals surface area contributed by atoms with E-state index in [0.29, 0.717) is 5.56 Å². The Hall–Kier alpha value is -2.36. The van der Waals surface area contributed by atoms with Crippen LogP contribution in [0.2, 0.25) is 0 Å². The molecule has 1 aromatic heterocycles. The molecule has 1 aromatic carbocycles. The number of carboxylic acid groups (broad SMARTS) is 1. The molecule has 4 heteroatoms. The third-order valence-electron chi connectivity index (χ3n) is 2.96. The number of fused-ring (bicyclic) bond motifs is 1. The lowest BCUT2D eigenvalue weighted by atomic mass is 10.0. The minimum absolute atomic E-state index is 0.271. The number of rotatable bonds is 2. The van der Waals surface area contributed by atoms with Gasteiger partial charge in [-0.15, -0.1) is 0 Å². The van der Waals surface area contributed by atoms with Crippen LogP contribution in [0.25, 0.3) is 17.0 Å². The zero-order valence-corrected chi connectivity index (χ0v) is 10.2. The van der Waals surface area contributed by atoms with Crippen LogP contribution in [0.1, 0.15) is 16.7 Å². The third kappa shape index (κ3) is 2.05. The lowest BCUT2D eigenvalue weighted by Gasteiger charge is -2.07. The van der Waals surface area contributed by atoms with E-state index >= 15 is 0 Å². The van der Waals surface area contributed by atoms with E-state index in [0.717, 1.165) is 28.1 Å². The Balaban J connectivity index is 2.78. The Labute approximate surface area is 104 Å². The molecule has 0 bridgehead atoms. The first-order chi connectivity index (χ1) is 8.50. The number of aromatic amines is 1. The van der Waals surface area contributed by atoms with Crippen LogP contribution in [0.4, 0.5) is 0 Å². The number of pyridine rings is 1. The van der Waals surface area contributed by atoms with Gasteiger partial charge in [0.05, 0.1) is 5.52 Å². The highest BCUT2D eigenvalue weighted by Gasteiger charge is 2.08. The van der Waals surface area contributed by atoms with Gasteiger partial charge in [0.25, 0.3) is 5.56 Å². The molecule has 0 aliphatic heterocycles. The number of carboxylic acids is 1. The second kappa shape index (κ2) is 4.49. The molecular formula is C14H13NO3. The minimum Gasteiger partial charge on any atom is -0.478 e. The first-order valence-corrected chi connectivity index (χ1v) is 5.54. The number of benzene rings is 1. The monoisotopic (exact) mass is 243 g/mol. The fourth-order valence-corrected chi connectivity index (χ4v) is 2.00. The van der Waals surface area contributed by atoms with E-state index in [4.69, 9.17) is 5.11 Å². The molecule has 2 rings (SSSR count). The first-order valence-electron chi connectivity index (χ1n) is 5.54. The van der Waals surface area contributed by atoms with Gasteiger partial charge in [-0.3, -0.25) is 4.79 Å². The van der Waals surface area contributed by atoms with Crippen molar-refractivity contribution in [2.45, 2.75) is 13.8 Å². The highest BCUT2D eigenvalue weighted by Crippen LogP contribution is 2.20. The number of aliphatic carboxylic acids is 1. The maximum Gasteiger partial charge on any atom is 0.328 e. The maximum absolute atomic E-state index is 11.9. The topological polar surface area (TPSA) is 70.2 Å². The molecule has 2 N–H and O–H groups in total. The molecule has 0 radical (unpaired) electrons. The number of aromatic nitrogens is 1. The third-order valence-corrected chi connectivity index (χ3v) is 2.96. The zero-order valence-electron chi connectivity index (χ0n) is 10.2. The second-order valence-electron chi connectivity index (χ2n) is 4.16. The Kier molecular flexibility index (Phi) is 3.02. The van der Waals surface area contributed by atoms with Crippen LogP contribution < -0.4 is 5.56 Å². The average molecular weight is 243 g/mol. The van der Waals surface area contributed by atoms with Crippen LogP contribution in [0.15, 0.2) is 29.1 Å². The predicted octanol–water partition coefficient (Wildman–Crippen LogP) is 2.24. The van der Waals surface area contributed by atoms with Crippen molar-refractivity contribution < 1.29 is 9.90 Å². The molecule has 0 aliphatic carbocycles. The number of para-hydroxylation sites is 1. The summed E-state index contributed by atoms with van der Waals surface area (Å²) in [5.74, 6) is -1.07. The van der Waals surface area contributed by atoms with E-state index in [1.165, 1.54) is 6.08 Å². The average Bonchev–Trinajstić information content (AvgIpc) is 2.30. The summed E-state index contributed by atoms with van der Waals surface area (Å²) < 4.78 is 0. The molecule has 1 heterocycles. The largest absolute Gasteiger partial charge is 0.478 e. The van der Waals surface area contributed by atoms with E-state index in [1.54, 1.807) is 0 Å². The summed E-state index contributed by atoms with van der Waals surface area (Å²) in [5, 5.41) is 9.55. The molecule has 92 valence electrons. The highest BCUT2D eigenvalue weighted by molar-refractivity contribution is 5.90. The lowest BCUT2D eigenvalue weighted by molar-refractivity contribution is -0.131. The summed E-state index contributed by atoms with van der Waals surface area (Å²) in [6, 6.07) is 5.74. The number of aryl methyl sites for hydroxylation is 2. The van der Waals surface area contributed by atoms with Gasteiger partial charge >= 0.3 is 5.97 Å². The van der Waals surface area contributed by atoms with Gasteiger partial charge in [0.15, 0.2) is 0 Å². The van der Waals surface area contributed by atoms with E-state index < -0.39 is 5.97 Å². The van der Waals surface area contributed by atoms with Gasteiger partial charge in [-0.2, -0.15) is 0 Å². The first kappa shape index (κ1) is 12.1. The molecule has 4 nitrogen and oxygen atoms in total.